The van der Waals surface area contributed by atoms with Crippen molar-refractivity contribution in [2.75, 3.05) is 5.73 Å². The van der Waals surface area contributed by atoms with Crippen LogP contribution in [-0.4, -0.2) is 9.97 Å². The molecule has 0 aliphatic rings. The Morgan fingerprint density at radius 2 is 2.25 bits per heavy atom. The zero-order valence-corrected chi connectivity index (χ0v) is 8.79. The van der Waals surface area contributed by atoms with E-state index in [9.17, 15) is 0 Å². The number of hydrogen-bond donors (Lipinski definition) is 1. The van der Waals surface area contributed by atoms with Crippen molar-refractivity contribution in [2.45, 2.75) is 13.3 Å². The lowest BCUT2D eigenvalue weighted by Crippen LogP contribution is -2.04. The number of rotatable bonds is 1. The summed E-state index contributed by atoms with van der Waals surface area (Å²) >= 11 is 2.11. The summed E-state index contributed by atoms with van der Waals surface area (Å²) in [7, 11) is 0. The van der Waals surface area contributed by atoms with Gasteiger partial charge in [0.15, 0.2) is 0 Å². The molecule has 0 aromatic carbocycles. The minimum atomic E-state index is 0.303. The second-order valence-corrected chi connectivity index (χ2v) is 3.34. The first-order valence-electron chi connectivity index (χ1n) is 3.37. The van der Waals surface area contributed by atoms with Crippen LogP contribution < -0.4 is 5.73 Å². The third kappa shape index (κ3) is 1.85. The second-order valence-electron chi connectivity index (χ2n) is 2.32. The highest BCUT2D eigenvalue weighted by Gasteiger charge is 2.05. The van der Waals surface area contributed by atoms with Gasteiger partial charge in [-0.2, -0.15) is 0 Å². The molecule has 0 aliphatic heterocycles. The maximum atomic E-state index is 5.45. The number of nitrogens with two attached hydrogens (primary N) is 1. The number of nitrogen functional groups attached to an aromatic ring is 1. The van der Waals surface area contributed by atoms with Crippen LogP contribution in [0.5, 0.6) is 0 Å². The topological polar surface area (TPSA) is 51.8 Å². The average Bonchev–Trinajstić information content (AvgIpc) is 1.96. The summed E-state index contributed by atoms with van der Waals surface area (Å²) in [5, 5.41) is 0. The normalized spacial score (nSPS) is 9.42. The van der Waals surface area contributed by atoms with Crippen molar-refractivity contribution in [3.8, 4) is 12.3 Å². The number of aryl methyl sites for hydroxylation is 1. The number of nitrogens with zero attached hydrogens (tertiary/aromatic N) is 2. The summed E-state index contributed by atoms with van der Waals surface area (Å²) in [4.78, 5) is 8.03. The third-order valence-corrected chi connectivity index (χ3v) is 2.35. The molecule has 62 valence electrons. The Labute approximate surface area is 84.9 Å². The predicted octanol–water partition coefficient (Wildman–Crippen LogP) is 1.15. The molecule has 2 N–H and O–H groups in total. The van der Waals surface area contributed by atoms with Gasteiger partial charge in [-0.25, -0.2) is 9.97 Å². The Kier molecular flexibility index (Phi) is 2.87. The molecule has 1 aromatic rings. The van der Waals surface area contributed by atoms with Gasteiger partial charge in [0, 0.05) is 17.7 Å². The van der Waals surface area contributed by atoms with E-state index in [1.807, 2.05) is 6.92 Å². The largest absolute Gasteiger partial charge is 0.368 e. The fraction of sp³-hybridized carbons (Fsp3) is 0.250. The van der Waals surface area contributed by atoms with Crippen LogP contribution in [0.4, 0.5) is 5.95 Å². The SMILES string of the molecule is C#CCc1c(C)nc(N)nc1I. The van der Waals surface area contributed by atoms with E-state index in [0.717, 1.165) is 15.0 Å². The van der Waals surface area contributed by atoms with E-state index < -0.39 is 0 Å². The fourth-order valence-corrected chi connectivity index (χ4v) is 1.71. The fourth-order valence-electron chi connectivity index (χ4n) is 0.885. The zero-order chi connectivity index (χ0) is 9.14. The molecule has 0 unspecified atom stereocenters. The first kappa shape index (κ1) is 9.26. The van der Waals surface area contributed by atoms with Crippen LogP contribution in [0.2, 0.25) is 0 Å². The van der Waals surface area contributed by atoms with Gasteiger partial charge < -0.3 is 5.73 Å². The molecular weight excluding hydrogens is 265 g/mol. The van der Waals surface area contributed by atoms with Crippen LogP contribution in [0.15, 0.2) is 0 Å². The number of terminal acetylenes is 1. The molecule has 4 heteroatoms. The molecule has 0 amide bonds. The Balaban J connectivity index is 3.21. The lowest BCUT2D eigenvalue weighted by molar-refractivity contribution is 1.03. The third-order valence-electron chi connectivity index (χ3n) is 1.46. The summed E-state index contributed by atoms with van der Waals surface area (Å²) in [6.45, 7) is 1.88. The van der Waals surface area contributed by atoms with Gasteiger partial charge >= 0.3 is 0 Å². The van der Waals surface area contributed by atoms with Gasteiger partial charge in [0.25, 0.3) is 0 Å². The highest BCUT2D eigenvalue weighted by atomic mass is 127. The summed E-state index contributed by atoms with van der Waals surface area (Å²) in [5.41, 5.74) is 7.30. The first-order chi connectivity index (χ1) is 5.65. The zero-order valence-electron chi connectivity index (χ0n) is 6.63. The van der Waals surface area contributed by atoms with Crippen LogP contribution >= 0.6 is 22.6 Å². The molecule has 0 fully saturated rings. The van der Waals surface area contributed by atoms with E-state index in [2.05, 4.69) is 38.5 Å². The van der Waals surface area contributed by atoms with Crippen molar-refractivity contribution in [1.82, 2.24) is 9.97 Å². The molecule has 0 bridgehead atoms. The molecule has 0 aliphatic carbocycles. The monoisotopic (exact) mass is 273 g/mol. The highest BCUT2D eigenvalue weighted by Crippen LogP contribution is 2.14. The minimum absolute atomic E-state index is 0.303. The lowest BCUT2D eigenvalue weighted by Gasteiger charge is -2.03. The standard InChI is InChI=1S/C8H8IN3/c1-3-4-6-5(2)11-8(10)12-7(6)9/h1H,4H2,2H3,(H2,10,11,12). The Morgan fingerprint density at radius 3 is 2.75 bits per heavy atom. The molecule has 3 nitrogen and oxygen atoms in total. The summed E-state index contributed by atoms with van der Waals surface area (Å²) in [6, 6.07) is 0. The van der Waals surface area contributed by atoms with Crippen LogP contribution in [0.25, 0.3) is 0 Å². The smallest absolute Gasteiger partial charge is 0.221 e. The van der Waals surface area contributed by atoms with Gasteiger partial charge in [0.05, 0.1) is 0 Å². The molecule has 0 spiro atoms. The van der Waals surface area contributed by atoms with Crippen molar-refractivity contribution in [3.05, 3.63) is 15.0 Å². The first-order valence-corrected chi connectivity index (χ1v) is 4.45. The lowest BCUT2D eigenvalue weighted by atomic mass is 10.2. The Hall–Kier alpha value is -0.830. The molecule has 0 radical (unpaired) electrons. The summed E-state index contributed by atoms with van der Waals surface area (Å²) in [6.07, 6.45) is 5.76. The number of halogens is 1. The highest BCUT2D eigenvalue weighted by molar-refractivity contribution is 14.1. The van der Waals surface area contributed by atoms with Gasteiger partial charge in [-0.15, -0.1) is 12.3 Å². The minimum Gasteiger partial charge on any atom is -0.368 e. The van der Waals surface area contributed by atoms with E-state index in [-0.39, 0.29) is 0 Å². The van der Waals surface area contributed by atoms with Gasteiger partial charge in [0.2, 0.25) is 5.95 Å². The summed E-state index contributed by atoms with van der Waals surface area (Å²) in [5.74, 6) is 2.86. The van der Waals surface area contributed by atoms with Crippen molar-refractivity contribution in [2.24, 2.45) is 0 Å². The molecule has 1 heterocycles. The molecular formula is C8H8IN3. The molecule has 0 atom stereocenters. The van der Waals surface area contributed by atoms with E-state index in [1.54, 1.807) is 0 Å². The quantitative estimate of drug-likeness (QED) is 0.474. The summed E-state index contributed by atoms with van der Waals surface area (Å²) < 4.78 is 0.843. The van der Waals surface area contributed by atoms with E-state index in [4.69, 9.17) is 12.2 Å². The van der Waals surface area contributed by atoms with Gasteiger partial charge in [-0.1, -0.05) is 0 Å². The van der Waals surface area contributed by atoms with Crippen molar-refractivity contribution >= 4 is 28.5 Å². The van der Waals surface area contributed by atoms with Crippen molar-refractivity contribution < 1.29 is 0 Å². The number of aromatic nitrogens is 2. The molecule has 0 saturated heterocycles. The van der Waals surface area contributed by atoms with Crippen LogP contribution in [0.3, 0.4) is 0 Å². The maximum absolute atomic E-state index is 5.45. The van der Waals surface area contributed by atoms with Crippen LogP contribution in [0.1, 0.15) is 11.3 Å². The van der Waals surface area contributed by atoms with Crippen LogP contribution in [0, 0.1) is 23.0 Å². The van der Waals surface area contributed by atoms with Gasteiger partial charge in [-0.3, -0.25) is 0 Å². The predicted molar refractivity (Wildman–Crippen MR) is 56.4 cm³/mol. The molecule has 1 aromatic heterocycles. The van der Waals surface area contributed by atoms with E-state index >= 15 is 0 Å². The average molecular weight is 273 g/mol. The van der Waals surface area contributed by atoms with Crippen molar-refractivity contribution in [3.63, 3.8) is 0 Å². The van der Waals surface area contributed by atoms with E-state index in [1.165, 1.54) is 0 Å². The van der Waals surface area contributed by atoms with Crippen molar-refractivity contribution in [1.29, 1.82) is 0 Å². The molecule has 1 rings (SSSR count). The van der Waals surface area contributed by atoms with Gasteiger partial charge in [-0.05, 0) is 29.5 Å². The Bertz CT molecular complexity index is 318. The molecule has 0 saturated carbocycles. The van der Waals surface area contributed by atoms with E-state index in [0.29, 0.717) is 12.4 Å². The van der Waals surface area contributed by atoms with Crippen LogP contribution in [-0.2, 0) is 6.42 Å². The number of hydrogen-bond acceptors (Lipinski definition) is 3. The second kappa shape index (κ2) is 3.72. The Morgan fingerprint density at radius 1 is 1.58 bits per heavy atom. The molecule has 12 heavy (non-hydrogen) atoms. The number of anilines is 1. The van der Waals surface area contributed by atoms with Gasteiger partial charge in [0.1, 0.15) is 3.70 Å². The maximum Gasteiger partial charge on any atom is 0.221 e.